The highest BCUT2D eigenvalue weighted by molar-refractivity contribution is 7.17. The lowest BCUT2D eigenvalue weighted by molar-refractivity contribution is -0.119. The van der Waals surface area contributed by atoms with Crippen molar-refractivity contribution in [3.63, 3.8) is 0 Å². The summed E-state index contributed by atoms with van der Waals surface area (Å²) in [6.07, 6.45) is 2.39. The van der Waals surface area contributed by atoms with Crippen molar-refractivity contribution in [1.82, 2.24) is 0 Å². The van der Waals surface area contributed by atoms with E-state index in [0.717, 1.165) is 35.3 Å². The van der Waals surface area contributed by atoms with Crippen LogP contribution in [0, 0.1) is 5.92 Å². The molecule has 1 aliphatic carbocycles. The summed E-state index contributed by atoms with van der Waals surface area (Å²) in [5.74, 6) is -0.579. The molecule has 1 aromatic heterocycles. The number of hydrogen-bond acceptors (Lipinski definition) is 6. The van der Waals surface area contributed by atoms with E-state index in [1.54, 1.807) is 26.0 Å². The molecule has 32 heavy (non-hydrogen) atoms. The molecule has 0 saturated heterocycles. The molecule has 0 bridgehead atoms. The maximum absolute atomic E-state index is 12.7. The van der Waals surface area contributed by atoms with Crippen LogP contribution in [0.25, 0.3) is 0 Å². The van der Waals surface area contributed by atoms with Gasteiger partial charge in [-0.2, -0.15) is 0 Å². The summed E-state index contributed by atoms with van der Waals surface area (Å²) in [5.41, 5.74) is 2.92. The first-order valence-electron chi connectivity index (χ1n) is 11.1. The second kappa shape index (κ2) is 10.3. The van der Waals surface area contributed by atoms with Crippen molar-refractivity contribution in [3.05, 3.63) is 51.4 Å². The monoisotopic (exact) mass is 457 g/mol. The zero-order chi connectivity index (χ0) is 23.4. The normalized spacial score (nSPS) is 15.4. The maximum Gasteiger partial charge on any atom is 0.341 e. The smallest absolute Gasteiger partial charge is 0.341 e. The lowest BCUT2D eigenvalue weighted by atomic mass is 9.88. The largest absolute Gasteiger partial charge is 0.459 e. The molecule has 1 atom stereocenters. The van der Waals surface area contributed by atoms with Crippen LogP contribution in [0.1, 0.15) is 83.7 Å². The Morgan fingerprint density at radius 3 is 2.41 bits per heavy atom. The van der Waals surface area contributed by atoms with E-state index in [2.05, 4.69) is 26.1 Å². The number of hydrogen-bond donors (Lipinski definition) is 1. The summed E-state index contributed by atoms with van der Waals surface area (Å²) in [4.78, 5) is 38.7. The number of anilines is 1. The Kier molecular flexibility index (Phi) is 7.72. The molecule has 2 aromatic rings. The van der Waals surface area contributed by atoms with Gasteiger partial charge in [0.05, 0.1) is 17.2 Å². The SMILES string of the molecule is CC1CCc2c(sc(NC(=O)COC(=O)c3ccc(C(C)C)cc3)c2C(=O)OC(C)C)C1. The Morgan fingerprint density at radius 1 is 1.09 bits per heavy atom. The van der Waals surface area contributed by atoms with Crippen LogP contribution in [0.15, 0.2) is 24.3 Å². The average Bonchev–Trinajstić information content (AvgIpc) is 3.08. The number of esters is 2. The van der Waals surface area contributed by atoms with Gasteiger partial charge >= 0.3 is 11.9 Å². The molecule has 0 aliphatic heterocycles. The Morgan fingerprint density at radius 2 is 1.78 bits per heavy atom. The van der Waals surface area contributed by atoms with Crippen molar-refractivity contribution >= 4 is 34.2 Å². The molecule has 172 valence electrons. The van der Waals surface area contributed by atoms with Crippen molar-refractivity contribution in [1.29, 1.82) is 0 Å². The maximum atomic E-state index is 12.7. The van der Waals surface area contributed by atoms with Gasteiger partial charge in [0, 0.05) is 4.88 Å². The zero-order valence-electron chi connectivity index (χ0n) is 19.3. The van der Waals surface area contributed by atoms with Gasteiger partial charge in [-0.05, 0) is 68.2 Å². The molecule has 0 radical (unpaired) electrons. The third kappa shape index (κ3) is 5.76. The number of benzene rings is 1. The minimum atomic E-state index is -0.561. The van der Waals surface area contributed by atoms with Gasteiger partial charge in [0.15, 0.2) is 6.61 Å². The molecule has 0 spiro atoms. The minimum Gasteiger partial charge on any atom is -0.459 e. The van der Waals surface area contributed by atoms with E-state index in [-0.39, 0.29) is 6.10 Å². The van der Waals surface area contributed by atoms with Crippen LogP contribution in [-0.2, 0) is 27.1 Å². The van der Waals surface area contributed by atoms with E-state index < -0.39 is 24.5 Å². The van der Waals surface area contributed by atoms with Gasteiger partial charge in [-0.25, -0.2) is 9.59 Å². The first-order valence-corrected chi connectivity index (χ1v) is 11.9. The van der Waals surface area contributed by atoms with Crippen molar-refractivity contribution in [3.8, 4) is 0 Å². The van der Waals surface area contributed by atoms with Crippen LogP contribution in [0.5, 0.6) is 0 Å². The van der Waals surface area contributed by atoms with Gasteiger partial charge in [0.2, 0.25) is 0 Å². The van der Waals surface area contributed by atoms with Gasteiger partial charge in [-0.3, -0.25) is 4.79 Å². The predicted octanol–water partition coefficient (Wildman–Crippen LogP) is 5.36. The van der Waals surface area contributed by atoms with Crippen molar-refractivity contribution in [2.24, 2.45) is 5.92 Å². The molecule has 1 amide bonds. The summed E-state index contributed by atoms with van der Waals surface area (Å²) < 4.78 is 10.6. The van der Waals surface area contributed by atoms with E-state index in [1.807, 2.05) is 12.1 Å². The molecule has 6 nitrogen and oxygen atoms in total. The van der Waals surface area contributed by atoms with Crippen LogP contribution in [0.3, 0.4) is 0 Å². The third-order valence-electron chi connectivity index (χ3n) is 5.46. The van der Waals surface area contributed by atoms with Gasteiger partial charge < -0.3 is 14.8 Å². The lowest BCUT2D eigenvalue weighted by Crippen LogP contribution is -2.22. The van der Waals surface area contributed by atoms with Gasteiger partial charge in [-0.15, -0.1) is 11.3 Å². The summed E-state index contributed by atoms with van der Waals surface area (Å²) in [7, 11) is 0. The number of rotatable bonds is 7. The van der Waals surface area contributed by atoms with Crippen molar-refractivity contribution in [2.45, 2.75) is 65.9 Å². The molecule has 1 unspecified atom stereocenters. The Bertz CT molecular complexity index is 991. The zero-order valence-corrected chi connectivity index (χ0v) is 20.1. The molecule has 3 rings (SSSR count). The molecule has 0 fully saturated rings. The fraction of sp³-hybridized carbons (Fsp3) is 0.480. The second-order valence-corrected chi connectivity index (χ2v) is 10.0. The van der Waals surface area contributed by atoms with Crippen LogP contribution < -0.4 is 5.32 Å². The lowest BCUT2D eigenvalue weighted by Gasteiger charge is -2.18. The average molecular weight is 458 g/mol. The molecule has 1 heterocycles. The Labute approximate surface area is 193 Å². The van der Waals surface area contributed by atoms with Crippen molar-refractivity contribution in [2.75, 3.05) is 11.9 Å². The number of nitrogens with one attached hydrogen (secondary N) is 1. The second-order valence-electron chi connectivity index (χ2n) is 8.91. The first kappa shape index (κ1) is 24.0. The predicted molar refractivity (Wildman–Crippen MR) is 126 cm³/mol. The first-order chi connectivity index (χ1) is 15.2. The van der Waals surface area contributed by atoms with E-state index in [1.165, 1.54) is 11.3 Å². The van der Waals surface area contributed by atoms with Crippen LogP contribution in [0.2, 0.25) is 0 Å². The quantitative estimate of drug-likeness (QED) is 0.566. The molecule has 7 heteroatoms. The summed E-state index contributed by atoms with van der Waals surface area (Å²) in [6, 6.07) is 7.16. The molecule has 1 aliphatic rings. The minimum absolute atomic E-state index is 0.257. The highest BCUT2D eigenvalue weighted by atomic mass is 32.1. The Balaban J connectivity index is 1.68. The molecular formula is C25H31NO5S. The highest BCUT2D eigenvalue weighted by Crippen LogP contribution is 2.40. The number of amides is 1. The number of thiophene rings is 1. The van der Waals surface area contributed by atoms with Crippen molar-refractivity contribution < 1.29 is 23.9 Å². The highest BCUT2D eigenvalue weighted by Gasteiger charge is 2.29. The van der Waals surface area contributed by atoms with Crippen LogP contribution in [-0.4, -0.2) is 30.6 Å². The number of carbonyl (C=O) groups is 3. The van der Waals surface area contributed by atoms with Crippen LogP contribution in [0.4, 0.5) is 5.00 Å². The van der Waals surface area contributed by atoms with Gasteiger partial charge in [0.25, 0.3) is 5.91 Å². The molecular weight excluding hydrogens is 426 g/mol. The molecule has 0 saturated carbocycles. The molecule has 1 aromatic carbocycles. The van der Waals surface area contributed by atoms with Gasteiger partial charge in [0.1, 0.15) is 5.00 Å². The summed E-state index contributed by atoms with van der Waals surface area (Å²) in [6.45, 7) is 9.49. The fourth-order valence-electron chi connectivity index (χ4n) is 3.71. The summed E-state index contributed by atoms with van der Waals surface area (Å²) in [5, 5.41) is 3.24. The third-order valence-corrected chi connectivity index (χ3v) is 6.63. The van der Waals surface area contributed by atoms with E-state index in [0.29, 0.717) is 28.0 Å². The van der Waals surface area contributed by atoms with E-state index >= 15 is 0 Å². The van der Waals surface area contributed by atoms with Crippen LogP contribution >= 0.6 is 11.3 Å². The Hall–Kier alpha value is -2.67. The topological polar surface area (TPSA) is 81.7 Å². The van der Waals surface area contributed by atoms with E-state index in [4.69, 9.17) is 9.47 Å². The summed E-state index contributed by atoms with van der Waals surface area (Å²) >= 11 is 1.41. The van der Waals surface area contributed by atoms with E-state index in [9.17, 15) is 14.4 Å². The number of ether oxygens (including phenoxy) is 2. The number of carbonyl (C=O) groups excluding carboxylic acids is 3. The molecule has 1 N–H and O–H groups in total. The fourth-order valence-corrected chi connectivity index (χ4v) is 5.12. The standard InChI is InChI=1S/C25H31NO5S/c1-14(2)17-7-9-18(10-8-17)24(28)30-13-21(27)26-23-22(25(29)31-15(3)4)19-11-6-16(5)12-20(19)32-23/h7-10,14-16H,6,11-13H2,1-5H3,(H,26,27). The number of fused-ring (bicyclic) bond motifs is 1. The van der Waals surface area contributed by atoms with Gasteiger partial charge in [-0.1, -0.05) is 32.9 Å².